The molecule has 21 heavy (non-hydrogen) atoms. The molecule has 0 bridgehead atoms. The summed E-state index contributed by atoms with van der Waals surface area (Å²) >= 11 is 0. The SMILES string of the molecule is CCCNCC1(CN(C)CCOCC2CC2)CCCOC1. The summed E-state index contributed by atoms with van der Waals surface area (Å²) in [5.41, 5.74) is 0.290. The van der Waals surface area contributed by atoms with Crippen molar-refractivity contribution >= 4 is 0 Å². The molecule has 1 N–H and O–H groups in total. The molecule has 1 aliphatic carbocycles. The van der Waals surface area contributed by atoms with Gasteiger partial charge in [-0.3, -0.25) is 0 Å². The van der Waals surface area contributed by atoms with Gasteiger partial charge in [-0.1, -0.05) is 6.92 Å². The van der Waals surface area contributed by atoms with Gasteiger partial charge in [-0.25, -0.2) is 0 Å². The molecule has 1 unspecified atom stereocenters. The smallest absolute Gasteiger partial charge is 0.0593 e. The summed E-state index contributed by atoms with van der Waals surface area (Å²) in [4.78, 5) is 2.43. The zero-order valence-corrected chi connectivity index (χ0v) is 14.0. The van der Waals surface area contributed by atoms with E-state index in [9.17, 15) is 0 Å². The van der Waals surface area contributed by atoms with Gasteiger partial charge in [0.25, 0.3) is 0 Å². The molecule has 124 valence electrons. The largest absolute Gasteiger partial charge is 0.381 e. The third-order valence-electron chi connectivity index (χ3n) is 4.60. The van der Waals surface area contributed by atoms with Crippen LogP contribution in [0, 0.1) is 11.3 Å². The standard InChI is InChI=1S/C17H34N2O2/c1-3-8-18-13-17(7-4-10-21-15-17)14-19(2)9-11-20-12-16-5-6-16/h16,18H,3-15H2,1-2H3. The first-order valence-corrected chi connectivity index (χ1v) is 8.79. The van der Waals surface area contributed by atoms with Crippen molar-refractivity contribution in [3.8, 4) is 0 Å². The van der Waals surface area contributed by atoms with E-state index in [1.807, 2.05) is 0 Å². The minimum atomic E-state index is 0.290. The van der Waals surface area contributed by atoms with Crippen LogP contribution in [0.25, 0.3) is 0 Å². The molecule has 2 rings (SSSR count). The predicted molar refractivity (Wildman–Crippen MR) is 86.7 cm³/mol. The van der Waals surface area contributed by atoms with Gasteiger partial charge >= 0.3 is 0 Å². The molecule has 0 aromatic carbocycles. The minimum absolute atomic E-state index is 0.290. The van der Waals surface area contributed by atoms with Crippen LogP contribution in [0.3, 0.4) is 0 Å². The van der Waals surface area contributed by atoms with Crippen molar-refractivity contribution < 1.29 is 9.47 Å². The monoisotopic (exact) mass is 298 g/mol. The predicted octanol–water partition coefficient (Wildman–Crippen LogP) is 2.14. The number of likely N-dealkylation sites (N-methyl/N-ethyl adjacent to an activating group) is 1. The van der Waals surface area contributed by atoms with E-state index in [1.54, 1.807) is 0 Å². The Balaban J connectivity index is 1.67. The Kier molecular flexibility index (Phi) is 7.44. The number of hydrogen-bond donors (Lipinski definition) is 1. The summed E-state index contributed by atoms with van der Waals surface area (Å²) < 4.78 is 11.5. The molecule has 4 nitrogen and oxygen atoms in total. The van der Waals surface area contributed by atoms with Crippen LogP contribution >= 0.6 is 0 Å². The first-order valence-electron chi connectivity index (χ1n) is 8.79. The molecule has 1 saturated heterocycles. The van der Waals surface area contributed by atoms with Gasteiger partial charge in [-0.2, -0.15) is 0 Å². The van der Waals surface area contributed by atoms with Crippen molar-refractivity contribution in [3.05, 3.63) is 0 Å². The lowest BCUT2D eigenvalue weighted by Crippen LogP contribution is -2.48. The summed E-state index contributed by atoms with van der Waals surface area (Å²) in [7, 11) is 2.22. The zero-order valence-electron chi connectivity index (χ0n) is 14.0. The van der Waals surface area contributed by atoms with Crippen LogP contribution in [0.2, 0.25) is 0 Å². The fraction of sp³-hybridized carbons (Fsp3) is 1.00. The Labute approximate surface area is 130 Å². The van der Waals surface area contributed by atoms with Gasteiger partial charge in [0.1, 0.15) is 0 Å². The van der Waals surface area contributed by atoms with Gasteiger partial charge in [0.05, 0.1) is 13.2 Å². The fourth-order valence-electron chi connectivity index (χ4n) is 3.17. The van der Waals surface area contributed by atoms with Gasteiger partial charge in [-0.15, -0.1) is 0 Å². The molecule has 2 fully saturated rings. The molecular weight excluding hydrogens is 264 g/mol. The van der Waals surface area contributed by atoms with Gasteiger partial charge in [0, 0.05) is 38.3 Å². The first kappa shape index (κ1) is 17.2. The Bertz CT molecular complexity index is 276. The highest BCUT2D eigenvalue weighted by molar-refractivity contribution is 4.86. The number of hydrogen-bond acceptors (Lipinski definition) is 4. The lowest BCUT2D eigenvalue weighted by atomic mass is 9.81. The molecular formula is C17H34N2O2. The van der Waals surface area contributed by atoms with Crippen LogP contribution in [-0.2, 0) is 9.47 Å². The van der Waals surface area contributed by atoms with Crippen LogP contribution in [-0.4, -0.2) is 64.6 Å². The highest BCUT2D eigenvalue weighted by Gasteiger charge is 2.33. The normalized spacial score (nSPS) is 26.4. The summed E-state index contributed by atoms with van der Waals surface area (Å²) in [6, 6.07) is 0. The molecule has 0 radical (unpaired) electrons. The Hall–Kier alpha value is -0.160. The van der Waals surface area contributed by atoms with E-state index in [2.05, 4.69) is 24.2 Å². The molecule has 0 spiro atoms. The average Bonchev–Trinajstić information content (AvgIpc) is 3.29. The van der Waals surface area contributed by atoms with Crippen LogP contribution < -0.4 is 5.32 Å². The topological polar surface area (TPSA) is 33.7 Å². The van der Waals surface area contributed by atoms with Gasteiger partial charge in [-0.05, 0) is 51.6 Å². The Morgan fingerprint density at radius 1 is 1.38 bits per heavy atom. The Morgan fingerprint density at radius 3 is 2.90 bits per heavy atom. The van der Waals surface area contributed by atoms with Crippen molar-refractivity contribution in [1.29, 1.82) is 0 Å². The van der Waals surface area contributed by atoms with Crippen LogP contribution in [0.1, 0.15) is 39.0 Å². The van der Waals surface area contributed by atoms with E-state index in [0.717, 1.165) is 58.5 Å². The van der Waals surface area contributed by atoms with E-state index >= 15 is 0 Å². The summed E-state index contributed by atoms with van der Waals surface area (Å²) in [6.45, 7) is 10.2. The summed E-state index contributed by atoms with van der Waals surface area (Å²) in [6.07, 6.45) is 6.41. The van der Waals surface area contributed by atoms with E-state index < -0.39 is 0 Å². The quantitative estimate of drug-likeness (QED) is 0.593. The lowest BCUT2D eigenvalue weighted by molar-refractivity contribution is -0.0258. The lowest BCUT2D eigenvalue weighted by Gasteiger charge is -2.40. The third-order valence-corrected chi connectivity index (χ3v) is 4.60. The second-order valence-electron chi connectivity index (χ2n) is 7.09. The van der Waals surface area contributed by atoms with Crippen molar-refractivity contribution in [1.82, 2.24) is 10.2 Å². The molecule has 0 amide bonds. The Morgan fingerprint density at radius 2 is 2.24 bits per heavy atom. The maximum atomic E-state index is 5.78. The molecule has 2 aliphatic rings. The molecule has 0 aromatic heterocycles. The van der Waals surface area contributed by atoms with Gasteiger partial charge in [0.15, 0.2) is 0 Å². The van der Waals surface area contributed by atoms with Gasteiger partial charge < -0.3 is 19.7 Å². The number of nitrogens with zero attached hydrogens (tertiary/aromatic N) is 1. The summed E-state index contributed by atoms with van der Waals surface area (Å²) in [5.74, 6) is 0.867. The van der Waals surface area contributed by atoms with Crippen molar-refractivity contribution in [2.75, 3.05) is 59.7 Å². The zero-order chi connectivity index (χ0) is 15.0. The third kappa shape index (κ3) is 6.64. The summed E-state index contributed by atoms with van der Waals surface area (Å²) in [5, 5.41) is 3.60. The second kappa shape index (κ2) is 9.09. The average molecular weight is 298 g/mol. The maximum absolute atomic E-state index is 5.78. The maximum Gasteiger partial charge on any atom is 0.0593 e. The number of rotatable bonds is 11. The molecule has 0 aromatic rings. The molecule has 4 heteroatoms. The van der Waals surface area contributed by atoms with Crippen molar-refractivity contribution in [2.45, 2.75) is 39.0 Å². The fourth-order valence-corrected chi connectivity index (χ4v) is 3.17. The number of ether oxygens (including phenoxy) is 2. The van der Waals surface area contributed by atoms with E-state index in [4.69, 9.17) is 9.47 Å². The van der Waals surface area contributed by atoms with Crippen LogP contribution in [0.5, 0.6) is 0 Å². The highest BCUT2D eigenvalue weighted by Crippen LogP contribution is 2.29. The van der Waals surface area contributed by atoms with E-state index in [0.29, 0.717) is 5.41 Å². The van der Waals surface area contributed by atoms with Crippen molar-refractivity contribution in [3.63, 3.8) is 0 Å². The first-order chi connectivity index (χ1) is 10.2. The van der Waals surface area contributed by atoms with Crippen LogP contribution in [0.15, 0.2) is 0 Å². The number of nitrogens with one attached hydrogen (secondary N) is 1. The highest BCUT2D eigenvalue weighted by atomic mass is 16.5. The van der Waals surface area contributed by atoms with E-state index in [1.165, 1.54) is 32.1 Å². The van der Waals surface area contributed by atoms with Gasteiger partial charge in [0.2, 0.25) is 0 Å². The van der Waals surface area contributed by atoms with Crippen LogP contribution in [0.4, 0.5) is 0 Å². The second-order valence-corrected chi connectivity index (χ2v) is 7.09. The molecule has 1 atom stereocenters. The molecule has 1 aliphatic heterocycles. The van der Waals surface area contributed by atoms with Crippen molar-refractivity contribution in [2.24, 2.45) is 11.3 Å². The molecule has 1 heterocycles. The van der Waals surface area contributed by atoms with E-state index in [-0.39, 0.29) is 0 Å². The molecule has 1 saturated carbocycles. The minimum Gasteiger partial charge on any atom is -0.381 e.